The van der Waals surface area contributed by atoms with E-state index in [4.69, 9.17) is 9.47 Å². The van der Waals surface area contributed by atoms with Gasteiger partial charge in [-0.1, -0.05) is 53.7 Å². The van der Waals surface area contributed by atoms with Gasteiger partial charge in [0.05, 0.1) is 14.2 Å². The van der Waals surface area contributed by atoms with Crippen LogP contribution in [0, 0.1) is 13.8 Å². The Kier molecular flexibility index (Phi) is 6.28. The number of rotatable bonds is 7. The number of methoxy groups -OCH3 is 2. The van der Waals surface area contributed by atoms with Crippen molar-refractivity contribution in [2.45, 2.75) is 24.8 Å². The van der Waals surface area contributed by atoms with Crippen molar-refractivity contribution in [1.29, 1.82) is 0 Å². The summed E-state index contributed by atoms with van der Waals surface area (Å²) in [6.45, 7) is 4.18. The molecule has 1 aromatic heterocycles. The van der Waals surface area contributed by atoms with Crippen LogP contribution in [-0.4, -0.2) is 29.0 Å². The van der Waals surface area contributed by atoms with Crippen LogP contribution in [0.15, 0.2) is 71.9 Å². The second-order valence-electron chi connectivity index (χ2n) is 7.36. The maximum absolute atomic E-state index is 5.46. The minimum absolute atomic E-state index is 0.710. The average Bonchev–Trinajstić information content (AvgIpc) is 3.22. The van der Waals surface area contributed by atoms with Crippen molar-refractivity contribution in [3.05, 3.63) is 83.4 Å². The molecule has 0 radical (unpaired) electrons. The van der Waals surface area contributed by atoms with Crippen LogP contribution in [0.3, 0.4) is 0 Å². The molecule has 5 nitrogen and oxygen atoms in total. The zero-order valence-corrected chi connectivity index (χ0v) is 18.9. The van der Waals surface area contributed by atoms with E-state index in [1.165, 1.54) is 16.7 Å². The van der Waals surface area contributed by atoms with Crippen molar-refractivity contribution < 1.29 is 9.47 Å². The van der Waals surface area contributed by atoms with Crippen LogP contribution in [0.2, 0.25) is 0 Å². The van der Waals surface area contributed by atoms with Gasteiger partial charge in [-0.2, -0.15) is 0 Å². The second kappa shape index (κ2) is 9.27. The van der Waals surface area contributed by atoms with Crippen LogP contribution in [0.4, 0.5) is 0 Å². The van der Waals surface area contributed by atoms with E-state index in [9.17, 15) is 0 Å². The standard InChI is InChI=1S/C25H25N3O2S/c1-17-8-10-19(11-9-17)16-31-25-27-26-24(28(25)21-7-5-6-18(2)12-21)20-13-22(29-3)15-23(14-20)30-4/h5-15H,16H2,1-4H3. The molecule has 31 heavy (non-hydrogen) atoms. The SMILES string of the molecule is COc1cc(OC)cc(-c2nnc(SCc3ccc(C)cc3)n2-c2cccc(C)c2)c1. The molecule has 0 amide bonds. The lowest BCUT2D eigenvalue weighted by Crippen LogP contribution is -2.01. The lowest BCUT2D eigenvalue weighted by atomic mass is 10.1. The van der Waals surface area contributed by atoms with Crippen LogP contribution in [-0.2, 0) is 5.75 Å². The lowest BCUT2D eigenvalue weighted by Gasteiger charge is -2.13. The Balaban J connectivity index is 1.78. The molecule has 0 spiro atoms. The van der Waals surface area contributed by atoms with Gasteiger partial charge < -0.3 is 9.47 Å². The number of aryl methyl sites for hydroxylation is 2. The zero-order valence-electron chi connectivity index (χ0n) is 18.1. The Labute approximate surface area is 187 Å². The summed E-state index contributed by atoms with van der Waals surface area (Å²) in [5, 5.41) is 9.92. The predicted molar refractivity (Wildman–Crippen MR) is 125 cm³/mol. The fourth-order valence-corrected chi connectivity index (χ4v) is 4.23. The summed E-state index contributed by atoms with van der Waals surface area (Å²) < 4.78 is 13.0. The fourth-order valence-electron chi connectivity index (χ4n) is 3.32. The van der Waals surface area contributed by atoms with E-state index in [1.807, 2.05) is 18.2 Å². The summed E-state index contributed by atoms with van der Waals surface area (Å²) >= 11 is 1.67. The zero-order chi connectivity index (χ0) is 21.8. The molecule has 0 aliphatic rings. The van der Waals surface area contributed by atoms with Gasteiger partial charge in [0.1, 0.15) is 11.5 Å². The first-order chi connectivity index (χ1) is 15.1. The molecular weight excluding hydrogens is 406 g/mol. The predicted octanol–water partition coefficient (Wildman–Crippen LogP) is 5.86. The third kappa shape index (κ3) is 4.75. The Morgan fingerprint density at radius 1 is 0.806 bits per heavy atom. The summed E-state index contributed by atoms with van der Waals surface area (Å²) in [7, 11) is 3.29. The van der Waals surface area contributed by atoms with Gasteiger partial charge in [-0.05, 0) is 49.2 Å². The lowest BCUT2D eigenvalue weighted by molar-refractivity contribution is 0.394. The van der Waals surface area contributed by atoms with E-state index in [2.05, 4.69) is 77.1 Å². The number of benzene rings is 3. The van der Waals surface area contributed by atoms with Crippen LogP contribution in [0.5, 0.6) is 11.5 Å². The first-order valence-electron chi connectivity index (χ1n) is 10.0. The van der Waals surface area contributed by atoms with E-state index in [1.54, 1.807) is 26.0 Å². The van der Waals surface area contributed by atoms with Gasteiger partial charge in [-0.3, -0.25) is 4.57 Å². The smallest absolute Gasteiger partial charge is 0.196 e. The van der Waals surface area contributed by atoms with E-state index in [0.29, 0.717) is 11.5 Å². The third-order valence-corrected chi connectivity index (χ3v) is 5.99. The maximum atomic E-state index is 5.46. The van der Waals surface area contributed by atoms with Crippen LogP contribution >= 0.6 is 11.8 Å². The molecule has 4 rings (SSSR count). The van der Waals surface area contributed by atoms with Gasteiger partial charge in [0.25, 0.3) is 0 Å². The molecular formula is C25H25N3O2S. The maximum Gasteiger partial charge on any atom is 0.196 e. The third-order valence-electron chi connectivity index (χ3n) is 4.99. The monoisotopic (exact) mass is 431 g/mol. The number of ether oxygens (including phenoxy) is 2. The Bertz CT molecular complexity index is 1160. The van der Waals surface area contributed by atoms with Gasteiger partial charge in [-0.15, -0.1) is 10.2 Å². The highest BCUT2D eigenvalue weighted by Crippen LogP contribution is 2.33. The molecule has 0 aliphatic heterocycles. The summed E-state index contributed by atoms with van der Waals surface area (Å²) in [5.74, 6) is 2.98. The second-order valence-corrected chi connectivity index (χ2v) is 8.30. The van der Waals surface area contributed by atoms with E-state index in [0.717, 1.165) is 28.0 Å². The molecule has 0 bridgehead atoms. The molecule has 0 fully saturated rings. The molecule has 0 N–H and O–H groups in total. The largest absolute Gasteiger partial charge is 0.497 e. The molecule has 4 aromatic rings. The van der Waals surface area contributed by atoms with Crippen molar-refractivity contribution in [3.63, 3.8) is 0 Å². The topological polar surface area (TPSA) is 49.2 Å². The summed E-state index contributed by atoms with van der Waals surface area (Å²) in [6.07, 6.45) is 0. The van der Waals surface area contributed by atoms with E-state index in [-0.39, 0.29) is 0 Å². The number of hydrogen-bond donors (Lipinski definition) is 0. The normalized spacial score (nSPS) is 10.8. The van der Waals surface area contributed by atoms with Crippen molar-refractivity contribution in [1.82, 2.24) is 14.8 Å². The van der Waals surface area contributed by atoms with Crippen molar-refractivity contribution in [3.8, 4) is 28.6 Å². The Morgan fingerprint density at radius 2 is 1.52 bits per heavy atom. The summed E-state index contributed by atoms with van der Waals surface area (Å²) in [5.41, 5.74) is 5.58. The molecule has 158 valence electrons. The number of aromatic nitrogens is 3. The first-order valence-corrected chi connectivity index (χ1v) is 11.0. The van der Waals surface area contributed by atoms with Gasteiger partial charge in [0.15, 0.2) is 11.0 Å². The molecule has 1 heterocycles. The minimum Gasteiger partial charge on any atom is -0.497 e. The number of hydrogen-bond acceptors (Lipinski definition) is 5. The van der Waals surface area contributed by atoms with Crippen LogP contribution in [0.25, 0.3) is 17.1 Å². The van der Waals surface area contributed by atoms with Gasteiger partial charge in [0, 0.05) is 23.1 Å². The molecule has 3 aromatic carbocycles. The van der Waals surface area contributed by atoms with Gasteiger partial charge >= 0.3 is 0 Å². The number of nitrogens with zero attached hydrogens (tertiary/aromatic N) is 3. The molecule has 0 aliphatic carbocycles. The number of thioether (sulfide) groups is 1. The molecule has 0 saturated heterocycles. The highest BCUT2D eigenvalue weighted by molar-refractivity contribution is 7.98. The van der Waals surface area contributed by atoms with Gasteiger partial charge in [-0.25, -0.2) is 0 Å². The summed E-state index contributed by atoms with van der Waals surface area (Å²) in [4.78, 5) is 0. The quantitative estimate of drug-likeness (QED) is 0.343. The highest BCUT2D eigenvalue weighted by atomic mass is 32.2. The Morgan fingerprint density at radius 3 is 2.16 bits per heavy atom. The molecule has 0 saturated carbocycles. The Hall–Kier alpha value is -3.25. The minimum atomic E-state index is 0.710. The first kappa shape index (κ1) is 21.0. The summed E-state index contributed by atoms with van der Waals surface area (Å²) in [6, 6.07) is 22.7. The van der Waals surface area contributed by atoms with Crippen LogP contribution in [0.1, 0.15) is 16.7 Å². The molecule has 6 heteroatoms. The van der Waals surface area contributed by atoms with Crippen molar-refractivity contribution >= 4 is 11.8 Å². The molecule has 0 unspecified atom stereocenters. The van der Waals surface area contributed by atoms with Crippen molar-refractivity contribution in [2.75, 3.05) is 14.2 Å². The van der Waals surface area contributed by atoms with Crippen LogP contribution < -0.4 is 9.47 Å². The average molecular weight is 432 g/mol. The highest BCUT2D eigenvalue weighted by Gasteiger charge is 2.18. The van der Waals surface area contributed by atoms with Gasteiger partial charge in [0.2, 0.25) is 0 Å². The van der Waals surface area contributed by atoms with Crippen molar-refractivity contribution in [2.24, 2.45) is 0 Å². The van der Waals surface area contributed by atoms with E-state index < -0.39 is 0 Å². The molecule has 0 atom stereocenters. The fraction of sp³-hybridized carbons (Fsp3) is 0.200. The van der Waals surface area contributed by atoms with E-state index >= 15 is 0 Å².